The van der Waals surface area contributed by atoms with Crippen molar-refractivity contribution in [3.63, 3.8) is 0 Å². The first kappa shape index (κ1) is 17.3. The largest absolute Gasteiger partial charge is 0.484 e. The second kappa shape index (κ2) is 7.31. The van der Waals surface area contributed by atoms with Gasteiger partial charge in [-0.15, -0.1) is 0 Å². The van der Waals surface area contributed by atoms with Crippen LogP contribution in [-0.2, 0) is 9.59 Å². The number of carbonyl (C=O) groups excluding carboxylic acids is 1. The van der Waals surface area contributed by atoms with Crippen molar-refractivity contribution in [2.24, 2.45) is 5.92 Å². The summed E-state index contributed by atoms with van der Waals surface area (Å²) in [7, 11) is 0. The van der Waals surface area contributed by atoms with Gasteiger partial charge in [-0.2, -0.15) is 0 Å². The average molecular weight is 314 g/mol. The molecule has 1 amide bonds. The molecule has 0 saturated heterocycles. The molecule has 1 aromatic carbocycles. The Morgan fingerprint density at radius 3 is 2.24 bits per heavy atom. The first-order valence-electron chi connectivity index (χ1n) is 6.64. The van der Waals surface area contributed by atoms with Crippen molar-refractivity contribution in [3.05, 3.63) is 28.3 Å². The van der Waals surface area contributed by atoms with E-state index in [4.69, 9.17) is 21.4 Å². The quantitative estimate of drug-likeness (QED) is 0.846. The van der Waals surface area contributed by atoms with Crippen LogP contribution in [0.1, 0.15) is 25.0 Å². The molecule has 0 aromatic heterocycles. The third-order valence-electron chi connectivity index (χ3n) is 3.03. The zero-order chi connectivity index (χ0) is 16.2. The van der Waals surface area contributed by atoms with Gasteiger partial charge < -0.3 is 15.2 Å². The van der Waals surface area contributed by atoms with Crippen molar-refractivity contribution in [2.75, 3.05) is 6.61 Å². The standard InChI is InChI=1S/C15H20ClNO4/c1-8(2)14(15(19)20)17-12(18)7-21-11-5-9(3)13(16)10(4)6-11/h5-6,8,14H,7H2,1-4H3,(H,17,18)(H,19,20)/t14-/m0/s1. The summed E-state index contributed by atoms with van der Waals surface area (Å²) in [4.78, 5) is 22.8. The van der Waals surface area contributed by atoms with Crippen LogP contribution in [0.4, 0.5) is 0 Å². The normalized spacial score (nSPS) is 12.1. The van der Waals surface area contributed by atoms with Crippen LogP contribution >= 0.6 is 11.6 Å². The SMILES string of the molecule is Cc1cc(OCC(=O)N[C@H](C(=O)O)C(C)C)cc(C)c1Cl. The Labute approximate surface area is 129 Å². The monoisotopic (exact) mass is 313 g/mol. The van der Waals surface area contributed by atoms with Gasteiger partial charge in [-0.1, -0.05) is 25.4 Å². The second-order valence-electron chi connectivity index (χ2n) is 5.29. The number of carboxylic acids is 1. The maximum absolute atomic E-state index is 11.7. The number of carboxylic acid groups (broad SMARTS) is 1. The molecule has 0 radical (unpaired) electrons. The number of amides is 1. The van der Waals surface area contributed by atoms with Crippen LogP contribution in [0.25, 0.3) is 0 Å². The third kappa shape index (κ3) is 4.93. The number of ether oxygens (including phenoxy) is 1. The van der Waals surface area contributed by atoms with E-state index < -0.39 is 17.9 Å². The number of carbonyl (C=O) groups is 2. The van der Waals surface area contributed by atoms with Gasteiger partial charge in [-0.25, -0.2) is 4.79 Å². The summed E-state index contributed by atoms with van der Waals surface area (Å²) < 4.78 is 5.38. The van der Waals surface area contributed by atoms with Crippen LogP contribution in [0.15, 0.2) is 12.1 Å². The van der Waals surface area contributed by atoms with Crippen LogP contribution in [0, 0.1) is 19.8 Å². The molecule has 116 valence electrons. The molecule has 0 spiro atoms. The lowest BCUT2D eigenvalue weighted by Crippen LogP contribution is -2.46. The molecule has 6 heteroatoms. The zero-order valence-electron chi connectivity index (χ0n) is 12.6. The minimum Gasteiger partial charge on any atom is -0.484 e. The average Bonchev–Trinajstić information content (AvgIpc) is 2.38. The molecule has 5 nitrogen and oxygen atoms in total. The van der Waals surface area contributed by atoms with Crippen molar-refractivity contribution in [1.82, 2.24) is 5.32 Å². The summed E-state index contributed by atoms with van der Waals surface area (Å²) in [5.74, 6) is -1.20. The van der Waals surface area contributed by atoms with E-state index in [1.807, 2.05) is 13.8 Å². The highest BCUT2D eigenvalue weighted by molar-refractivity contribution is 6.32. The van der Waals surface area contributed by atoms with E-state index >= 15 is 0 Å². The minimum atomic E-state index is -1.06. The highest BCUT2D eigenvalue weighted by Gasteiger charge is 2.23. The summed E-state index contributed by atoms with van der Waals surface area (Å²) in [5.41, 5.74) is 1.72. The van der Waals surface area contributed by atoms with Gasteiger partial charge in [0.05, 0.1) is 0 Å². The van der Waals surface area contributed by atoms with E-state index in [0.717, 1.165) is 11.1 Å². The minimum absolute atomic E-state index is 0.202. The predicted molar refractivity (Wildman–Crippen MR) is 80.8 cm³/mol. The number of rotatable bonds is 6. The number of nitrogens with one attached hydrogen (secondary N) is 1. The molecule has 0 bridgehead atoms. The molecule has 0 aliphatic heterocycles. The van der Waals surface area contributed by atoms with Crippen molar-refractivity contribution in [2.45, 2.75) is 33.7 Å². The van der Waals surface area contributed by atoms with Gasteiger partial charge in [0, 0.05) is 5.02 Å². The maximum atomic E-state index is 11.7. The van der Waals surface area contributed by atoms with Crippen molar-refractivity contribution in [3.8, 4) is 5.75 Å². The van der Waals surface area contributed by atoms with Crippen molar-refractivity contribution in [1.29, 1.82) is 0 Å². The number of benzene rings is 1. The molecular weight excluding hydrogens is 294 g/mol. The Bertz CT molecular complexity index is 519. The topological polar surface area (TPSA) is 75.6 Å². The summed E-state index contributed by atoms with van der Waals surface area (Å²) >= 11 is 6.05. The molecule has 1 aromatic rings. The summed E-state index contributed by atoms with van der Waals surface area (Å²) in [6.07, 6.45) is 0. The fraction of sp³-hybridized carbons (Fsp3) is 0.467. The van der Waals surface area contributed by atoms with Crippen molar-refractivity contribution >= 4 is 23.5 Å². The van der Waals surface area contributed by atoms with Crippen LogP contribution < -0.4 is 10.1 Å². The fourth-order valence-corrected chi connectivity index (χ4v) is 1.98. The van der Waals surface area contributed by atoms with E-state index in [0.29, 0.717) is 10.8 Å². The summed E-state index contributed by atoms with van der Waals surface area (Å²) in [6.45, 7) is 6.91. The van der Waals surface area contributed by atoms with E-state index in [2.05, 4.69) is 5.32 Å². The fourth-order valence-electron chi connectivity index (χ4n) is 1.87. The Kier molecular flexibility index (Phi) is 6.03. The van der Waals surface area contributed by atoms with E-state index in [9.17, 15) is 9.59 Å². The number of hydrogen-bond donors (Lipinski definition) is 2. The van der Waals surface area contributed by atoms with Crippen molar-refractivity contribution < 1.29 is 19.4 Å². The Hall–Kier alpha value is -1.75. The molecule has 1 atom stereocenters. The molecule has 1 rings (SSSR count). The zero-order valence-corrected chi connectivity index (χ0v) is 13.3. The smallest absolute Gasteiger partial charge is 0.326 e. The van der Waals surface area contributed by atoms with Crippen LogP contribution in [-0.4, -0.2) is 29.6 Å². The van der Waals surface area contributed by atoms with Gasteiger partial charge in [0.1, 0.15) is 11.8 Å². The highest BCUT2D eigenvalue weighted by atomic mass is 35.5. The summed E-state index contributed by atoms with van der Waals surface area (Å²) in [5, 5.41) is 12.1. The van der Waals surface area contributed by atoms with Gasteiger partial charge in [-0.05, 0) is 43.0 Å². The van der Waals surface area contributed by atoms with Gasteiger partial charge in [0.2, 0.25) is 0 Å². The number of halogens is 1. The second-order valence-corrected chi connectivity index (χ2v) is 5.67. The Morgan fingerprint density at radius 2 is 1.81 bits per heavy atom. The molecule has 0 aliphatic carbocycles. The lowest BCUT2D eigenvalue weighted by Gasteiger charge is -2.18. The first-order valence-corrected chi connectivity index (χ1v) is 7.02. The van der Waals surface area contributed by atoms with Crippen LogP contribution in [0.3, 0.4) is 0 Å². The molecule has 0 fully saturated rings. The first-order chi connectivity index (χ1) is 9.72. The Morgan fingerprint density at radius 1 is 1.29 bits per heavy atom. The van der Waals surface area contributed by atoms with Gasteiger partial charge in [0.25, 0.3) is 5.91 Å². The number of aryl methyl sites for hydroxylation is 2. The highest BCUT2D eigenvalue weighted by Crippen LogP contribution is 2.25. The lowest BCUT2D eigenvalue weighted by atomic mass is 10.1. The maximum Gasteiger partial charge on any atom is 0.326 e. The molecule has 21 heavy (non-hydrogen) atoms. The van der Waals surface area contributed by atoms with Crippen LogP contribution in [0.5, 0.6) is 5.75 Å². The third-order valence-corrected chi connectivity index (χ3v) is 3.63. The predicted octanol–water partition coefficient (Wildman–Crippen LogP) is 2.56. The Balaban J connectivity index is 2.63. The van der Waals surface area contributed by atoms with E-state index in [-0.39, 0.29) is 12.5 Å². The van der Waals surface area contributed by atoms with Gasteiger partial charge >= 0.3 is 5.97 Å². The van der Waals surface area contributed by atoms with E-state index in [1.54, 1.807) is 26.0 Å². The molecule has 2 N–H and O–H groups in total. The molecule has 0 unspecified atom stereocenters. The molecule has 0 heterocycles. The van der Waals surface area contributed by atoms with E-state index in [1.165, 1.54) is 0 Å². The molecule has 0 saturated carbocycles. The number of hydrogen-bond acceptors (Lipinski definition) is 3. The molecule has 0 aliphatic rings. The van der Waals surface area contributed by atoms with Gasteiger partial charge in [0.15, 0.2) is 6.61 Å². The number of aliphatic carboxylic acids is 1. The van der Waals surface area contributed by atoms with Crippen LogP contribution in [0.2, 0.25) is 5.02 Å². The lowest BCUT2D eigenvalue weighted by molar-refractivity contribution is -0.143. The summed E-state index contributed by atoms with van der Waals surface area (Å²) in [6, 6.07) is 2.55. The van der Waals surface area contributed by atoms with Gasteiger partial charge in [-0.3, -0.25) is 4.79 Å². The molecular formula is C15H20ClNO4.